The number of nitrogens with zero attached hydrogens (tertiary/aromatic N) is 1. The van der Waals surface area contributed by atoms with Gasteiger partial charge in [0.05, 0.1) is 14.2 Å². The minimum absolute atomic E-state index is 0.0643. The number of ether oxygens (including phenoxy) is 2. The van der Waals surface area contributed by atoms with Gasteiger partial charge in [-0.2, -0.15) is 0 Å². The molecule has 0 unspecified atom stereocenters. The standard InChI is InChI=1S/C18H20N2O4/c1-12(21)20(2)14-10-8-13(9-11-14)19-18(22)17-15(23-3)6-5-7-16(17)24-4/h5-11H,1-4H3,(H,19,22). The number of hydrogen-bond donors (Lipinski definition) is 1. The predicted molar refractivity (Wildman–Crippen MR) is 93.0 cm³/mol. The minimum Gasteiger partial charge on any atom is -0.496 e. The maximum absolute atomic E-state index is 12.6. The average Bonchev–Trinajstić information content (AvgIpc) is 2.60. The third kappa shape index (κ3) is 3.65. The van der Waals surface area contributed by atoms with Crippen LogP contribution in [0.4, 0.5) is 11.4 Å². The van der Waals surface area contributed by atoms with Crippen molar-refractivity contribution in [3.05, 3.63) is 48.0 Å². The third-order valence-electron chi connectivity index (χ3n) is 3.64. The number of benzene rings is 2. The molecule has 0 atom stereocenters. The molecule has 2 amide bonds. The number of carbonyl (C=O) groups is 2. The van der Waals surface area contributed by atoms with Gasteiger partial charge in [0.15, 0.2) is 0 Å². The topological polar surface area (TPSA) is 67.9 Å². The second-order valence-corrected chi connectivity index (χ2v) is 5.12. The summed E-state index contributed by atoms with van der Waals surface area (Å²) in [6.45, 7) is 1.49. The lowest BCUT2D eigenvalue weighted by Gasteiger charge is -2.16. The molecule has 0 saturated carbocycles. The van der Waals surface area contributed by atoms with Crippen molar-refractivity contribution in [2.75, 3.05) is 31.5 Å². The predicted octanol–water partition coefficient (Wildman–Crippen LogP) is 2.94. The molecule has 0 saturated heterocycles. The highest BCUT2D eigenvalue weighted by atomic mass is 16.5. The zero-order valence-electron chi connectivity index (χ0n) is 14.1. The fourth-order valence-corrected chi connectivity index (χ4v) is 2.22. The summed E-state index contributed by atoms with van der Waals surface area (Å²) in [6, 6.07) is 12.1. The quantitative estimate of drug-likeness (QED) is 0.916. The van der Waals surface area contributed by atoms with Gasteiger partial charge < -0.3 is 19.7 Å². The summed E-state index contributed by atoms with van der Waals surface area (Å²) >= 11 is 0. The van der Waals surface area contributed by atoms with E-state index in [9.17, 15) is 9.59 Å². The van der Waals surface area contributed by atoms with Crippen LogP contribution in [-0.2, 0) is 4.79 Å². The molecule has 6 heteroatoms. The van der Waals surface area contributed by atoms with Gasteiger partial charge in [-0.15, -0.1) is 0 Å². The Balaban J connectivity index is 2.23. The average molecular weight is 328 g/mol. The molecule has 0 aromatic heterocycles. The maximum Gasteiger partial charge on any atom is 0.263 e. The number of rotatable bonds is 5. The molecule has 24 heavy (non-hydrogen) atoms. The summed E-state index contributed by atoms with van der Waals surface area (Å²) < 4.78 is 10.5. The molecule has 2 aromatic rings. The summed E-state index contributed by atoms with van der Waals surface area (Å²) in [6.07, 6.45) is 0. The zero-order valence-corrected chi connectivity index (χ0v) is 14.1. The molecule has 2 aromatic carbocycles. The molecule has 0 radical (unpaired) electrons. The largest absolute Gasteiger partial charge is 0.496 e. The van der Waals surface area contributed by atoms with Gasteiger partial charge in [-0.3, -0.25) is 9.59 Å². The minimum atomic E-state index is -0.336. The number of amides is 2. The van der Waals surface area contributed by atoms with Crippen molar-refractivity contribution in [3.63, 3.8) is 0 Å². The van der Waals surface area contributed by atoms with Gasteiger partial charge in [-0.05, 0) is 36.4 Å². The van der Waals surface area contributed by atoms with E-state index in [0.717, 1.165) is 5.69 Å². The van der Waals surface area contributed by atoms with Crippen molar-refractivity contribution in [2.45, 2.75) is 6.92 Å². The Morgan fingerprint density at radius 3 is 1.96 bits per heavy atom. The first-order valence-corrected chi connectivity index (χ1v) is 7.34. The van der Waals surface area contributed by atoms with Crippen molar-refractivity contribution in [1.82, 2.24) is 0 Å². The third-order valence-corrected chi connectivity index (χ3v) is 3.64. The van der Waals surface area contributed by atoms with Gasteiger partial charge in [0.1, 0.15) is 17.1 Å². The second kappa shape index (κ2) is 7.50. The monoisotopic (exact) mass is 328 g/mol. The highest BCUT2D eigenvalue weighted by Gasteiger charge is 2.18. The van der Waals surface area contributed by atoms with Gasteiger partial charge in [0.2, 0.25) is 5.91 Å². The summed E-state index contributed by atoms with van der Waals surface area (Å²) in [5.41, 5.74) is 1.68. The van der Waals surface area contributed by atoms with E-state index in [0.29, 0.717) is 22.7 Å². The van der Waals surface area contributed by atoms with Crippen molar-refractivity contribution < 1.29 is 19.1 Å². The van der Waals surface area contributed by atoms with Gasteiger partial charge >= 0.3 is 0 Å². The molecular formula is C18H20N2O4. The summed E-state index contributed by atoms with van der Waals surface area (Å²) in [7, 11) is 4.69. The molecule has 0 aliphatic heterocycles. The van der Waals surface area contributed by atoms with Crippen LogP contribution in [0.1, 0.15) is 17.3 Å². The molecule has 0 fully saturated rings. The van der Waals surface area contributed by atoms with Crippen LogP contribution in [0, 0.1) is 0 Å². The Kier molecular flexibility index (Phi) is 5.42. The molecule has 2 rings (SSSR count). The molecule has 0 bridgehead atoms. The first kappa shape index (κ1) is 17.3. The van der Waals surface area contributed by atoms with Crippen LogP contribution in [0.25, 0.3) is 0 Å². The van der Waals surface area contributed by atoms with Gasteiger partial charge in [-0.25, -0.2) is 0 Å². The summed E-state index contributed by atoms with van der Waals surface area (Å²) in [5, 5.41) is 2.80. The Bertz CT molecular complexity index is 719. The van der Waals surface area contributed by atoms with Gasteiger partial charge in [-0.1, -0.05) is 6.07 Å². The molecule has 6 nitrogen and oxygen atoms in total. The van der Waals surface area contributed by atoms with E-state index in [1.165, 1.54) is 26.0 Å². The highest BCUT2D eigenvalue weighted by Crippen LogP contribution is 2.29. The van der Waals surface area contributed by atoms with E-state index < -0.39 is 0 Å². The number of anilines is 2. The van der Waals surface area contributed by atoms with Gasteiger partial charge in [0.25, 0.3) is 5.91 Å². The fraction of sp³-hybridized carbons (Fsp3) is 0.222. The molecule has 1 N–H and O–H groups in total. The van der Waals surface area contributed by atoms with E-state index >= 15 is 0 Å². The second-order valence-electron chi connectivity index (χ2n) is 5.12. The van der Waals surface area contributed by atoms with Gasteiger partial charge in [0, 0.05) is 25.3 Å². The van der Waals surface area contributed by atoms with Crippen LogP contribution in [0.5, 0.6) is 11.5 Å². The lowest BCUT2D eigenvalue weighted by atomic mass is 10.1. The summed E-state index contributed by atoms with van der Waals surface area (Å²) in [4.78, 5) is 25.4. The van der Waals surface area contributed by atoms with E-state index in [-0.39, 0.29) is 11.8 Å². The lowest BCUT2D eigenvalue weighted by Crippen LogP contribution is -2.22. The number of carbonyl (C=O) groups excluding carboxylic acids is 2. The summed E-state index contributed by atoms with van der Waals surface area (Å²) in [5.74, 6) is 0.460. The van der Waals surface area contributed by atoms with Crippen LogP contribution >= 0.6 is 0 Å². The molecule has 126 valence electrons. The smallest absolute Gasteiger partial charge is 0.263 e. The molecule has 0 aliphatic rings. The molecular weight excluding hydrogens is 308 g/mol. The van der Waals surface area contributed by atoms with Crippen LogP contribution in [0.2, 0.25) is 0 Å². The van der Waals surface area contributed by atoms with Crippen molar-refractivity contribution in [2.24, 2.45) is 0 Å². The Hall–Kier alpha value is -3.02. The van der Waals surface area contributed by atoms with E-state index in [2.05, 4.69) is 5.32 Å². The number of methoxy groups -OCH3 is 2. The lowest BCUT2D eigenvalue weighted by molar-refractivity contribution is -0.116. The van der Waals surface area contributed by atoms with Crippen LogP contribution in [0.3, 0.4) is 0 Å². The van der Waals surface area contributed by atoms with Crippen molar-refractivity contribution in [3.8, 4) is 11.5 Å². The number of nitrogens with one attached hydrogen (secondary N) is 1. The fourth-order valence-electron chi connectivity index (χ4n) is 2.22. The first-order chi connectivity index (χ1) is 11.5. The van der Waals surface area contributed by atoms with E-state index in [1.54, 1.807) is 49.5 Å². The Morgan fingerprint density at radius 1 is 0.958 bits per heavy atom. The molecule has 0 heterocycles. The normalized spacial score (nSPS) is 10.0. The first-order valence-electron chi connectivity index (χ1n) is 7.34. The van der Waals surface area contributed by atoms with Crippen LogP contribution in [-0.4, -0.2) is 33.1 Å². The van der Waals surface area contributed by atoms with Crippen molar-refractivity contribution >= 4 is 23.2 Å². The Labute approximate surface area is 141 Å². The molecule has 0 aliphatic carbocycles. The van der Waals surface area contributed by atoms with Crippen LogP contribution in [0.15, 0.2) is 42.5 Å². The van der Waals surface area contributed by atoms with Crippen LogP contribution < -0.4 is 19.7 Å². The number of hydrogen-bond acceptors (Lipinski definition) is 4. The van der Waals surface area contributed by atoms with E-state index in [1.807, 2.05) is 0 Å². The van der Waals surface area contributed by atoms with Crippen molar-refractivity contribution in [1.29, 1.82) is 0 Å². The Morgan fingerprint density at radius 2 is 1.50 bits per heavy atom. The SMILES string of the molecule is COc1cccc(OC)c1C(=O)Nc1ccc(N(C)C(C)=O)cc1. The highest BCUT2D eigenvalue weighted by molar-refractivity contribution is 6.08. The maximum atomic E-state index is 12.6. The zero-order chi connectivity index (χ0) is 17.7. The van der Waals surface area contributed by atoms with E-state index in [4.69, 9.17) is 9.47 Å². The molecule has 0 spiro atoms.